The Hall–Kier alpha value is -0.410. The van der Waals surface area contributed by atoms with Gasteiger partial charge in [0.25, 0.3) is 0 Å². The summed E-state index contributed by atoms with van der Waals surface area (Å²) in [4.78, 5) is 6.24. The molecule has 17 heavy (non-hydrogen) atoms. The lowest BCUT2D eigenvalue weighted by Gasteiger charge is -2.07. The minimum absolute atomic E-state index is 0.547. The molecule has 0 saturated heterocycles. The highest BCUT2D eigenvalue weighted by Gasteiger charge is 2.10. The van der Waals surface area contributed by atoms with E-state index in [1.165, 1.54) is 34.8 Å². The van der Waals surface area contributed by atoms with E-state index in [-0.39, 0.29) is 0 Å². The van der Waals surface area contributed by atoms with E-state index in [0.29, 0.717) is 6.04 Å². The average Bonchev–Trinajstić information content (AvgIpc) is 2.67. The van der Waals surface area contributed by atoms with Gasteiger partial charge in [-0.15, -0.1) is 11.3 Å². The highest BCUT2D eigenvalue weighted by molar-refractivity contribution is 7.11. The van der Waals surface area contributed by atoms with Crippen molar-refractivity contribution in [2.24, 2.45) is 0 Å². The number of unbranched alkanes of at least 4 members (excludes halogenated alkanes) is 1. The molecular weight excluding hydrogens is 228 g/mol. The molecule has 0 fully saturated rings. The second-order valence-corrected chi connectivity index (χ2v) is 6.03. The van der Waals surface area contributed by atoms with Crippen molar-refractivity contribution in [3.05, 3.63) is 15.6 Å². The molecule has 0 radical (unpaired) electrons. The van der Waals surface area contributed by atoms with Crippen LogP contribution in [-0.2, 0) is 19.4 Å². The van der Waals surface area contributed by atoms with Gasteiger partial charge in [0, 0.05) is 17.5 Å². The van der Waals surface area contributed by atoms with Crippen molar-refractivity contribution in [2.45, 2.75) is 72.4 Å². The molecule has 1 N–H and O–H groups in total. The maximum atomic E-state index is 4.79. The van der Waals surface area contributed by atoms with Gasteiger partial charge in [-0.1, -0.05) is 40.5 Å². The lowest BCUT2D eigenvalue weighted by molar-refractivity contribution is 0.589. The van der Waals surface area contributed by atoms with Crippen LogP contribution in [0.1, 0.15) is 62.5 Å². The minimum atomic E-state index is 0.547. The topological polar surface area (TPSA) is 24.9 Å². The smallest absolute Gasteiger partial charge is 0.0931 e. The van der Waals surface area contributed by atoms with E-state index in [1.54, 1.807) is 0 Å². The molecule has 1 rings (SSSR count). The SMILES string of the molecule is CCCCc1nc(CCC)c(CNC(C)C)s1. The third kappa shape index (κ3) is 5.17. The minimum Gasteiger partial charge on any atom is -0.310 e. The van der Waals surface area contributed by atoms with Gasteiger partial charge in [0.2, 0.25) is 0 Å². The Labute approximate surface area is 110 Å². The van der Waals surface area contributed by atoms with E-state index >= 15 is 0 Å². The largest absolute Gasteiger partial charge is 0.310 e. The van der Waals surface area contributed by atoms with E-state index in [9.17, 15) is 0 Å². The highest BCUT2D eigenvalue weighted by Crippen LogP contribution is 2.21. The van der Waals surface area contributed by atoms with E-state index in [1.807, 2.05) is 11.3 Å². The lowest BCUT2D eigenvalue weighted by atomic mass is 10.2. The Bertz CT molecular complexity index is 318. The van der Waals surface area contributed by atoms with E-state index < -0.39 is 0 Å². The standard InChI is InChI=1S/C14H26N2S/c1-5-7-9-14-16-12(8-6-2)13(17-14)10-15-11(3)4/h11,15H,5-10H2,1-4H3. The Balaban J connectivity index is 2.66. The van der Waals surface area contributed by atoms with Crippen LogP contribution < -0.4 is 5.32 Å². The fourth-order valence-electron chi connectivity index (χ4n) is 1.74. The summed E-state index contributed by atoms with van der Waals surface area (Å²) in [7, 11) is 0. The Kier molecular flexibility index (Phi) is 6.75. The van der Waals surface area contributed by atoms with Crippen LogP contribution in [0.15, 0.2) is 0 Å². The Morgan fingerprint density at radius 2 is 1.94 bits per heavy atom. The van der Waals surface area contributed by atoms with Gasteiger partial charge in [0.05, 0.1) is 10.7 Å². The molecule has 0 aliphatic heterocycles. The molecule has 1 heterocycles. The van der Waals surface area contributed by atoms with Crippen molar-refractivity contribution in [1.82, 2.24) is 10.3 Å². The molecule has 0 aliphatic rings. The van der Waals surface area contributed by atoms with Gasteiger partial charge < -0.3 is 5.32 Å². The second-order valence-electron chi connectivity index (χ2n) is 4.87. The fraction of sp³-hybridized carbons (Fsp3) is 0.786. The van der Waals surface area contributed by atoms with Gasteiger partial charge in [-0.3, -0.25) is 0 Å². The van der Waals surface area contributed by atoms with Gasteiger partial charge in [-0.25, -0.2) is 4.98 Å². The number of rotatable bonds is 8. The zero-order valence-corrected chi connectivity index (χ0v) is 12.5. The number of nitrogens with zero attached hydrogens (tertiary/aromatic N) is 1. The number of nitrogens with one attached hydrogen (secondary N) is 1. The van der Waals surface area contributed by atoms with Gasteiger partial charge in [0.15, 0.2) is 0 Å². The maximum absolute atomic E-state index is 4.79. The zero-order valence-electron chi connectivity index (χ0n) is 11.7. The maximum Gasteiger partial charge on any atom is 0.0931 e. The molecule has 0 unspecified atom stereocenters. The summed E-state index contributed by atoms with van der Waals surface area (Å²) in [6.07, 6.45) is 5.97. The first-order chi connectivity index (χ1) is 8.17. The normalized spacial score (nSPS) is 11.4. The van der Waals surface area contributed by atoms with Crippen LogP contribution in [0.2, 0.25) is 0 Å². The number of hydrogen-bond donors (Lipinski definition) is 1. The van der Waals surface area contributed by atoms with Gasteiger partial charge in [-0.2, -0.15) is 0 Å². The first-order valence-electron chi connectivity index (χ1n) is 6.88. The van der Waals surface area contributed by atoms with Crippen molar-refractivity contribution >= 4 is 11.3 Å². The number of hydrogen-bond acceptors (Lipinski definition) is 3. The van der Waals surface area contributed by atoms with E-state index in [2.05, 4.69) is 33.0 Å². The molecule has 1 aromatic rings. The quantitative estimate of drug-likeness (QED) is 0.760. The van der Waals surface area contributed by atoms with Crippen molar-refractivity contribution < 1.29 is 0 Å². The summed E-state index contributed by atoms with van der Waals surface area (Å²) in [5.74, 6) is 0. The molecule has 0 spiro atoms. The molecule has 2 nitrogen and oxygen atoms in total. The van der Waals surface area contributed by atoms with Crippen LogP contribution >= 0.6 is 11.3 Å². The summed E-state index contributed by atoms with van der Waals surface area (Å²) in [5, 5.41) is 4.83. The molecule has 1 aromatic heterocycles. The summed E-state index contributed by atoms with van der Waals surface area (Å²) in [6, 6.07) is 0.547. The molecular formula is C14H26N2S. The van der Waals surface area contributed by atoms with Crippen molar-refractivity contribution in [2.75, 3.05) is 0 Å². The van der Waals surface area contributed by atoms with Crippen LogP contribution in [0.3, 0.4) is 0 Å². The first-order valence-corrected chi connectivity index (χ1v) is 7.69. The summed E-state index contributed by atoms with van der Waals surface area (Å²) < 4.78 is 0. The van der Waals surface area contributed by atoms with Crippen LogP contribution in [0.25, 0.3) is 0 Å². The fourth-order valence-corrected chi connectivity index (χ4v) is 2.85. The third-order valence-electron chi connectivity index (χ3n) is 2.72. The molecule has 0 atom stereocenters. The predicted octanol–water partition coefficient (Wildman–Crippen LogP) is 3.94. The van der Waals surface area contributed by atoms with Crippen molar-refractivity contribution in [1.29, 1.82) is 0 Å². The molecule has 0 bridgehead atoms. The van der Waals surface area contributed by atoms with Crippen LogP contribution in [0.5, 0.6) is 0 Å². The average molecular weight is 254 g/mol. The van der Waals surface area contributed by atoms with Crippen LogP contribution in [0, 0.1) is 0 Å². The van der Waals surface area contributed by atoms with Gasteiger partial charge in [-0.05, 0) is 19.3 Å². The third-order valence-corrected chi connectivity index (χ3v) is 3.88. The predicted molar refractivity (Wildman–Crippen MR) is 76.7 cm³/mol. The molecule has 0 aliphatic carbocycles. The molecule has 0 aromatic carbocycles. The molecule has 0 saturated carbocycles. The summed E-state index contributed by atoms with van der Waals surface area (Å²) in [5.41, 5.74) is 1.33. The van der Waals surface area contributed by atoms with Gasteiger partial charge in [0.1, 0.15) is 0 Å². The molecule has 0 amide bonds. The summed E-state index contributed by atoms with van der Waals surface area (Å²) >= 11 is 1.91. The molecule has 3 heteroatoms. The Morgan fingerprint density at radius 1 is 1.18 bits per heavy atom. The van der Waals surface area contributed by atoms with Crippen LogP contribution in [0.4, 0.5) is 0 Å². The highest BCUT2D eigenvalue weighted by atomic mass is 32.1. The van der Waals surface area contributed by atoms with Gasteiger partial charge >= 0.3 is 0 Å². The van der Waals surface area contributed by atoms with Crippen LogP contribution in [-0.4, -0.2) is 11.0 Å². The monoisotopic (exact) mass is 254 g/mol. The second kappa shape index (κ2) is 7.83. The lowest BCUT2D eigenvalue weighted by Crippen LogP contribution is -2.21. The van der Waals surface area contributed by atoms with E-state index in [0.717, 1.165) is 19.4 Å². The van der Waals surface area contributed by atoms with Crippen molar-refractivity contribution in [3.63, 3.8) is 0 Å². The first kappa shape index (κ1) is 14.7. The Morgan fingerprint density at radius 3 is 2.53 bits per heavy atom. The number of thiazole rings is 1. The summed E-state index contributed by atoms with van der Waals surface area (Å²) in [6.45, 7) is 9.83. The molecule has 98 valence electrons. The number of aromatic nitrogens is 1. The van der Waals surface area contributed by atoms with E-state index in [4.69, 9.17) is 4.98 Å². The van der Waals surface area contributed by atoms with Crippen molar-refractivity contribution in [3.8, 4) is 0 Å². The zero-order chi connectivity index (χ0) is 12.7. The number of aryl methyl sites for hydroxylation is 2.